The van der Waals surface area contributed by atoms with E-state index in [1.54, 1.807) is 16.7 Å². The van der Waals surface area contributed by atoms with Crippen LogP contribution in [0.2, 0.25) is 0 Å². The molecule has 1 saturated heterocycles. The maximum atomic E-state index is 11.9. The molecule has 1 aromatic carbocycles. The summed E-state index contributed by atoms with van der Waals surface area (Å²) in [6.45, 7) is -0.309. The summed E-state index contributed by atoms with van der Waals surface area (Å²) in [5.74, 6) is 0.299. The molecule has 146 valence electrons. The molecule has 1 fully saturated rings. The zero-order valence-corrected chi connectivity index (χ0v) is 14.8. The number of aliphatic hydroxyl groups is 1. The molecule has 10 nitrogen and oxygen atoms in total. The predicted octanol–water partition coefficient (Wildman–Crippen LogP) is 0.679. The first-order chi connectivity index (χ1) is 13.6. The lowest BCUT2D eigenvalue weighted by Gasteiger charge is -2.16. The van der Waals surface area contributed by atoms with Crippen LogP contribution in [0.1, 0.15) is 12.6 Å². The number of imidazole rings is 1. The van der Waals surface area contributed by atoms with Crippen LogP contribution in [-0.4, -0.2) is 56.0 Å². The van der Waals surface area contributed by atoms with Gasteiger partial charge < -0.3 is 25.1 Å². The summed E-state index contributed by atoms with van der Waals surface area (Å²) in [6, 6.07) is 8.95. The molecular formula is C18H19N5O5. The number of nitrogen functional groups attached to an aromatic ring is 1. The summed E-state index contributed by atoms with van der Waals surface area (Å²) in [5, 5.41) is 10.3. The second kappa shape index (κ2) is 7.79. The van der Waals surface area contributed by atoms with Gasteiger partial charge in [-0.1, -0.05) is 18.2 Å². The summed E-state index contributed by atoms with van der Waals surface area (Å²) in [6.07, 6.45) is 1.21. The third-order valence-corrected chi connectivity index (χ3v) is 4.41. The molecule has 0 saturated carbocycles. The largest absolute Gasteiger partial charge is 0.482 e. The Balaban J connectivity index is 1.32. The van der Waals surface area contributed by atoms with Gasteiger partial charge in [0.15, 0.2) is 18.1 Å². The van der Waals surface area contributed by atoms with Crippen molar-refractivity contribution in [2.75, 3.05) is 18.9 Å². The van der Waals surface area contributed by atoms with E-state index >= 15 is 0 Å². The maximum absolute atomic E-state index is 11.9. The number of carbonyl (C=O) groups excluding carboxylic acids is 1. The van der Waals surface area contributed by atoms with Crippen LogP contribution in [0.15, 0.2) is 43.0 Å². The number of nitrogens with zero attached hydrogens (tertiary/aromatic N) is 4. The van der Waals surface area contributed by atoms with Gasteiger partial charge in [-0.3, -0.25) is 4.57 Å². The van der Waals surface area contributed by atoms with Crippen LogP contribution in [0.25, 0.3) is 11.2 Å². The standard InChI is InChI=1S/C18H19N5O5/c19-17-16-18(21-9-20-17)23(10-22-16)14-6-12(24)13(28-14)7-27-15(25)8-26-11-4-2-1-3-5-11/h1-5,9-10,12-14,24H,6-8H2,(H2,19,20,21)/t12-,13+,14+/m0/s1. The van der Waals surface area contributed by atoms with Crippen molar-refractivity contribution in [3.63, 3.8) is 0 Å². The molecule has 3 aromatic rings. The number of ether oxygens (including phenoxy) is 3. The molecule has 2 aromatic heterocycles. The van der Waals surface area contributed by atoms with Crippen LogP contribution in [0.5, 0.6) is 5.75 Å². The number of aliphatic hydroxyl groups excluding tert-OH is 1. The molecule has 0 aliphatic carbocycles. The van der Waals surface area contributed by atoms with E-state index < -0.39 is 24.4 Å². The van der Waals surface area contributed by atoms with Gasteiger partial charge in [-0.2, -0.15) is 0 Å². The predicted molar refractivity (Wildman–Crippen MR) is 97.2 cm³/mol. The Morgan fingerprint density at radius 3 is 2.93 bits per heavy atom. The number of anilines is 1. The van der Waals surface area contributed by atoms with E-state index in [4.69, 9.17) is 19.9 Å². The molecule has 0 unspecified atom stereocenters. The number of carbonyl (C=O) groups is 1. The number of rotatable bonds is 6. The molecule has 4 rings (SSSR count). The number of hydrogen-bond acceptors (Lipinski definition) is 9. The molecule has 0 bridgehead atoms. The van der Waals surface area contributed by atoms with Gasteiger partial charge in [0.1, 0.15) is 36.5 Å². The van der Waals surface area contributed by atoms with Gasteiger partial charge >= 0.3 is 5.97 Å². The number of esters is 1. The molecule has 1 aliphatic heterocycles. The smallest absolute Gasteiger partial charge is 0.344 e. The van der Waals surface area contributed by atoms with E-state index in [0.29, 0.717) is 23.3 Å². The Morgan fingerprint density at radius 1 is 1.29 bits per heavy atom. The van der Waals surface area contributed by atoms with Crippen LogP contribution in [-0.2, 0) is 14.3 Å². The number of para-hydroxylation sites is 1. The molecule has 28 heavy (non-hydrogen) atoms. The Bertz CT molecular complexity index is 963. The summed E-state index contributed by atoms with van der Waals surface area (Å²) in [7, 11) is 0. The average Bonchev–Trinajstić information content (AvgIpc) is 3.30. The third kappa shape index (κ3) is 3.73. The molecular weight excluding hydrogens is 366 g/mol. The van der Waals surface area contributed by atoms with Crippen molar-refractivity contribution in [3.8, 4) is 5.75 Å². The van der Waals surface area contributed by atoms with Gasteiger partial charge in [0.05, 0.1) is 12.4 Å². The molecule has 0 radical (unpaired) electrons. The van der Waals surface area contributed by atoms with Crippen molar-refractivity contribution in [1.29, 1.82) is 0 Å². The topological polar surface area (TPSA) is 135 Å². The number of aromatic nitrogens is 4. The number of nitrogens with two attached hydrogens (primary N) is 1. The fourth-order valence-electron chi connectivity index (χ4n) is 2.99. The van der Waals surface area contributed by atoms with Gasteiger partial charge in [0, 0.05) is 6.42 Å². The van der Waals surface area contributed by atoms with Crippen LogP contribution in [0.3, 0.4) is 0 Å². The molecule has 3 N–H and O–H groups in total. The highest BCUT2D eigenvalue weighted by Gasteiger charge is 2.36. The SMILES string of the molecule is Nc1ncnc2c1ncn2[C@H]1C[C@H](O)[C@@H](COC(=O)COc2ccccc2)O1. The summed E-state index contributed by atoms with van der Waals surface area (Å²) in [4.78, 5) is 24.1. The minimum Gasteiger partial charge on any atom is -0.482 e. The monoisotopic (exact) mass is 385 g/mol. The summed E-state index contributed by atoms with van der Waals surface area (Å²) >= 11 is 0. The van der Waals surface area contributed by atoms with E-state index in [1.165, 1.54) is 12.7 Å². The van der Waals surface area contributed by atoms with Crippen molar-refractivity contribution in [3.05, 3.63) is 43.0 Å². The number of benzene rings is 1. The second-order valence-electron chi connectivity index (χ2n) is 6.30. The van der Waals surface area contributed by atoms with Gasteiger partial charge in [0.25, 0.3) is 0 Å². The van der Waals surface area contributed by atoms with Crippen molar-refractivity contribution >= 4 is 23.0 Å². The van der Waals surface area contributed by atoms with Crippen molar-refractivity contribution < 1.29 is 24.1 Å². The highest BCUT2D eigenvalue weighted by molar-refractivity contribution is 5.81. The lowest BCUT2D eigenvalue weighted by atomic mass is 10.2. The minimum atomic E-state index is -0.801. The maximum Gasteiger partial charge on any atom is 0.344 e. The Kier molecular flexibility index (Phi) is 5.04. The van der Waals surface area contributed by atoms with Gasteiger partial charge in [0.2, 0.25) is 0 Å². The number of fused-ring (bicyclic) bond motifs is 1. The van der Waals surface area contributed by atoms with E-state index in [-0.39, 0.29) is 19.0 Å². The summed E-state index contributed by atoms with van der Waals surface area (Å²) in [5.41, 5.74) is 6.77. The van der Waals surface area contributed by atoms with Gasteiger partial charge in [-0.25, -0.2) is 19.7 Å². The molecule has 0 amide bonds. The summed E-state index contributed by atoms with van der Waals surface area (Å²) < 4.78 is 18.0. The Labute approximate surface area is 159 Å². The lowest BCUT2D eigenvalue weighted by molar-refractivity contribution is -0.152. The zero-order valence-electron chi connectivity index (χ0n) is 14.8. The second-order valence-corrected chi connectivity index (χ2v) is 6.30. The van der Waals surface area contributed by atoms with E-state index in [2.05, 4.69) is 15.0 Å². The van der Waals surface area contributed by atoms with Crippen LogP contribution in [0, 0.1) is 0 Å². The minimum absolute atomic E-state index is 0.0849. The van der Waals surface area contributed by atoms with Crippen LogP contribution in [0.4, 0.5) is 5.82 Å². The van der Waals surface area contributed by atoms with Crippen molar-refractivity contribution in [2.24, 2.45) is 0 Å². The van der Waals surface area contributed by atoms with Crippen molar-refractivity contribution in [1.82, 2.24) is 19.5 Å². The van der Waals surface area contributed by atoms with Crippen LogP contribution < -0.4 is 10.5 Å². The first-order valence-electron chi connectivity index (χ1n) is 8.72. The molecule has 1 aliphatic rings. The highest BCUT2D eigenvalue weighted by Crippen LogP contribution is 2.31. The van der Waals surface area contributed by atoms with E-state index in [0.717, 1.165) is 0 Å². The van der Waals surface area contributed by atoms with E-state index in [1.807, 2.05) is 18.2 Å². The van der Waals surface area contributed by atoms with E-state index in [9.17, 15) is 9.90 Å². The fourth-order valence-corrected chi connectivity index (χ4v) is 2.99. The quantitative estimate of drug-likeness (QED) is 0.587. The normalized spacial score (nSPS) is 21.7. The molecule has 3 heterocycles. The molecule has 10 heteroatoms. The average molecular weight is 385 g/mol. The van der Waals surface area contributed by atoms with Gasteiger partial charge in [-0.15, -0.1) is 0 Å². The van der Waals surface area contributed by atoms with Gasteiger partial charge in [-0.05, 0) is 12.1 Å². The van der Waals surface area contributed by atoms with Crippen LogP contribution >= 0.6 is 0 Å². The third-order valence-electron chi connectivity index (χ3n) is 4.41. The highest BCUT2D eigenvalue weighted by atomic mass is 16.6. The first-order valence-corrected chi connectivity index (χ1v) is 8.72. The Hall–Kier alpha value is -3.24. The van der Waals surface area contributed by atoms with Crippen molar-refractivity contribution in [2.45, 2.75) is 24.9 Å². The molecule has 3 atom stereocenters. The zero-order chi connectivity index (χ0) is 19.5. The molecule has 0 spiro atoms. The Morgan fingerprint density at radius 2 is 2.11 bits per heavy atom. The lowest BCUT2D eigenvalue weighted by Crippen LogP contribution is -2.29. The first kappa shape index (κ1) is 18.1. The fraction of sp³-hybridized carbons (Fsp3) is 0.333. The number of hydrogen-bond donors (Lipinski definition) is 2.